The molecular formula is C20H15Cl2F3N2O. The van der Waals surface area contributed by atoms with E-state index in [-0.39, 0.29) is 21.3 Å². The van der Waals surface area contributed by atoms with E-state index in [1.165, 1.54) is 28.8 Å². The molecule has 0 aliphatic rings. The van der Waals surface area contributed by atoms with E-state index < -0.39 is 17.6 Å². The largest absolute Gasteiger partial charge is 0.418 e. The molecule has 1 amide bonds. The first-order valence-corrected chi connectivity index (χ1v) is 8.97. The zero-order valence-corrected chi connectivity index (χ0v) is 16.4. The van der Waals surface area contributed by atoms with E-state index in [2.05, 4.69) is 5.32 Å². The standard InChI is InChI=1S/C20H15Cl2F3N2O/c1-11-10-13(19(28)26-16-8-5-7-15(21)18(16)22)12(2)27(11)17-9-4-3-6-14(17)20(23,24)25/h3-10H,1-2H3,(H,26,28). The van der Waals surface area contributed by atoms with E-state index in [0.717, 1.165) is 6.07 Å². The van der Waals surface area contributed by atoms with Gasteiger partial charge in [0.25, 0.3) is 5.91 Å². The van der Waals surface area contributed by atoms with Gasteiger partial charge in [0.15, 0.2) is 0 Å². The number of alkyl halides is 3. The Labute approximate surface area is 169 Å². The Morgan fingerprint density at radius 2 is 1.71 bits per heavy atom. The quantitative estimate of drug-likeness (QED) is 0.498. The summed E-state index contributed by atoms with van der Waals surface area (Å²) in [4.78, 5) is 12.7. The number of carbonyl (C=O) groups is 1. The summed E-state index contributed by atoms with van der Waals surface area (Å²) < 4.78 is 41.7. The number of para-hydroxylation sites is 1. The van der Waals surface area contributed by atoms with Crippen molar-refractivity contribution in [3.8, 4) is 5.69 Å². The molecule has 1 aromatic heterocycles. The molecular weight excluding hydrogens is 412 g/mol. The molecule has 1 heterocycles. The van der Waals surface area contributed by atoms with E-state index >= 15 is 0 Å². The maximum absolute atomic E-state index is 13.4. The van der Waals surface area contributed by atoms with Gasteiger partial charge in [-0.25, -0.2) is 0 Å². The number of hydrogen-bond acceptors (Lipinski definition) is 1. The van der Waals surface area contributed by atoms with Crippen molar-refractivity contribution >= 4 is 34.8 Å². The molecule has 0 aliphatic heterocycles. The van der Waals surface area contributed by atoms with E-state index in [1.807, 2.05) is 0 Å². The Balaban J connectivity index is 2.04. The monoisotopic (exact) mass is 426 g/mol. The summed E-state index contributed by atoms with van der Waals surface area (Å²) in [6.07, 6.45) is -4.52. The second-order valence-electron chi connectivity index (χ2n) is 6.19. The number of aromatic nitrogens is 1. The van der Waals surface area contributed by atoms with E-state index in [4.69, 9.17) is 23.2 Å². The molecule has 0 saturated heterocycles. The van der Waals surface area contributed by atoms with Crippen molar-refractivity contribution in [2.24, 2.45) is 0 Å². The molecule has 0 saturated carbocycles. The van der Waals surface area contributed by atoms with Crippen molar-refractivity contribution in [1.82, 2.24) is 4.57 Å². The van der Waals surface area contributed by atoms with Crippen LogP contribution in [0.25, 0.3) is 5.69 Å². The number of nitrogens with one attached hydrogen (secondary N) is 1. The predicted octanol–water partition coefficient (Wildman–Crippen LogP) is 6.67. The molecule has 0 unspecified atom stereocenters. The SMILES string of the molecule is Cc1cc(C(=O)Nc2cccc(Cl)c2Cl)c(C)n1-c1ccccc1C(F)(F)F. The van der Waals surface area contributed by atoms with E-state index in [1.54, 1.807) is 32.0 Å². The maximum Gasteiger partial charge on any atom is 0.418 e. The lowest BCUT2D eigenvalue weighted by Crippen LogP contribution is -2.15. The van der Waals surface area contributed by atoms with Gasteiger partial charge in [-0.1, -0.05) is 41.4 Å². The fourth-order valence-corrected chi connectivity index (χ4v) is 3.41. The van der Waals surface area contributed by atoms with Gasteiger partial charge in [-0.15, -0.1) is 0 Å². The topological polar surface area (TPSA) is 34.0 Å². The second kappa shape index (κ2) is 7.53. The minimum atomic E-state index is -4.52. The number of carbonyl (C=O) groups excluding carboxylic acids is 1. The lowest BCUT2D eigenvalue weighted by atomic mass is 10.1. The average Bonchev–Trinajstić information content (AvgIpc) is 2.92. The molecule has 3 nitrogen and oxygen atoms in total. The minimum absolute atomic E-state index is 0.0372. The number of halogens is 5. The van der Waals surface area contributed by atoms with Gasteiger partial charge in [-0.2, -0.15) is 13.2 Å². The number of hydrogen-bond donors (Lipinski definition) is 1. The number of aryl methyl sites for hydroxylation is 1. The lowest BCUT2D eigenvalue weighted by molar-refractivity contribution is -0.137. The number of anilines is 1. The summed E-state index contributed by atoms with van der Waals surface area (Å²) in [5.41, 5.74) is 0.623. The molecule has 3 rings (SSSR count). The van der Waals surface area contributed by atoms with Crippen molar-refractivity contribution in [2.45, 2.75) is 20.0 Å². The van der Waals surface area contributed by atoms with Crippen LogP contribution in [0.2, 0.25) is 10.0 Å². The highest BCUT2D eigenvalue weighted by Gasteiger charge is 2.34. The Morgan fingerprint density at radius 1 is 1.04 bits per heavy atom. The van der Waals surface area contributed by atoms with Crippen molar-refractivity contribution in [1.29, 1.82) is 0 Å². The summed E-state index contributed by atoms with van der Waals surface area (Å²) in [7, 11) is 0. The fraction of sp³-hybridized carbons (Fsp3) is 0.150. The van der Waals surface area contributed by atoms with Crippen LogP contribution in [0.4, 0.5) is 18.9 Å². The summed E-state index contributed by atoms with van der Waals surface area (Å²) in [5, 5.41) is 3.12. The van der Waals surface area contributed by atoms with Gasteiger partial charge < -0.3 is 9.88 Å². The first-order chi connectivity index (χ1) is 13.1. The van der Waals surface area contributed by atoms with Crippen LogP contribution in [0.5, 0.6) is 0 Å². The third-order valence-electron chi connectivity index (χ3n) is 4.33. The van der Waals surface area contributed by atoms with E-state index in [9.17, 15) is 18.0 Å². The summed E-state index contributed by atoms with van der Waals surface area (Å²) in [6, 6.07) is 11.6. The molecule has 28 heavy (non-hydrogen) atoms. The van der Waals surface area contributed by atoms with Crippen molar-refractivity contribution in [3.05, 3.63) is 81.1 Å². The predicted molar refractivity (Wildman–Crippen MR) is 105 cm³/mol. The van der Waals surface area contributed by atoms with Crippen LogP contribution in [0.1, 0.15) is 27.3 Å². The normalized spacial score (nSPS) is 11.5. The van der Waals surface area contributed by atoms with Crippen LogP contribution < -0.4 is 5.32 Å². The van der Waals surface area contributed by atoms with Gasteiger partial charge >= 0.3 is 6.18 Å². The zero-order valence-electron chi connectivity index (χ0n) is 14.9. The zero-order chi connectivity index (χ0) is 20.6. The van der Waals surface area contributed by atoms with Crippen LogP contribution in [0.3, 0.4) is 0 Å². The summed E-state index contributed by atoms with van der Waals surface area (Å²) in [5.74, 6) is -0.493. The van der Waals surface area contributed by atoms with Crippen LogP contribution in [0.15, 0.2) is 48.5 Å². The molecule has 2 aromatic carbocycles. The highest BCUT2D eigenvalue weighted by molar-refractivity contribution is 6.44. The highest BCUT2D eigenvalue weighted by Crippen LogP contribution is 2.36. The van der Waals surface area contributed by atoms with Crippen LogP contribution in [0, 0.1) is 13.8 Å². The number of amides is 1. The van der Waals surface area contributed by atoms with Gasteiger partial charge in [0, 0.05) is 11.4 Å². The van der Waals surface area contributed by atoms with Gasteiger partial charge in [0.1, 0.15) is 0 Å². The van der Waals surface area contributed by atoms with Crippen LogP contribution in [-0.4, -0.2) is 10.5 Å². The average molecular weight is 427 g/mol. The van der Waals surface area contributed by atoms with E-state index in [0.29, 0.717) is 17.1 Å². The van der Waals surface area contributed by atoms with Crippen molar-refractivity contribution in [3.63, 3.8) is 0 Å². The van der Waals surface area contributed by atoms with Crippen molar-refractivity contribution in [2.75, 3.05) is 5.32 Å². The smallest absolute Gasteiger partial charge is 0.321 e. The molecule has 0 aliphatic carbocycles. The number of benzene rings is 2. The first kappa shape index (κ1) is 20.3. The fourth-order valence-electron chi connectivity index (χ4n) is 3.06. The third-order valence-corrected chi connectivity index (χ3v) is 5.14. The molecule has 0 atom stereocenters. The van der Waals surface area contributed by atoms with Gasteiger partial charge in [-0.3, -0.25) is 4.79 Å². The molecule has 0 fully saturated rings. The Hall–Kier alpha value is -2.44. The number of nitrogens with zero attached hydrogens (tertiary/aromatic N) is 1. The Morgan fingerprint density at radius 3 is 2.39 bits per heavy atom. The first-order valence-electron chi connectivity index (χ1n) is 8.22. The highest BCUT2D eigenvalue weighted by atomic mass is 35.5. The summed E-state index contributed by atoms with van der Waals surface area (Å²) >= 11 is 12.0. The minimum Gasteiger partial charge on any atom is -0.321 e. The van der Waals surface area contributed by atoms with Gasteiger partial charge in [0.05, 0.1) is 32.5 Å². The molecule has 0 bridgehead atoms. The molecule has 0 spiro atoms. The Bertz CT molecular complexity index is 1060. The third kappa shape index (κ3) is 3.75. The summed E-state index contributed by atoms with van der Waals surface area (Å²) in [6.45, 7) is 3.23. The van der Waals surface area contributed by atoms with Crippen LogP contribution in [-0.2, 0) is 6.18 Å². The molecule has 3 aromatic rings. The lowest BCUT2D eigenvalue weighted by Gasteiger charge is -2.17. The molecule has 0 radical (unpaired) electrons. The Kier molecular flexibility index (Phi) is 5.46. The van der Waals surface area contributed by atoms with Crippen molar-refractivity contribution < 1.29 is 18.0 Å². The molecule has 146 valence electrons. The second-order valence-corrected chi connectivity index (χ2v) is 6.98. The number of rotatable bonds is 3. The molecule has 1 N–H and O–H groups in total. The molecule has 8 heteroatoms. The van der Waals surface area contributed by atoms with Crippen LogP contribution >= 0.6 is 23.2 Å². The van der Waals surface area contributed by atoms with Gasteiger partial charge in [-0.05, 0) is 44.2 Å². The maximum atomic E-state index is 13.4. The van der Waals surface area contributed by atoms with Gasteiger partial charge in [0.2, 0.25) is 0 Å².